The van der Waals surface area contributed by atoms with E-state index >= 15 is 0 Å². The van der Waals surface area contributed by atoms with Crippen molar-refractivity contribution in [3.8, 4) is 0 Å². The molecule has 0 aromatic carbocycles. The summed E-state index contributed by atoms with van der Waals surface area (Å²) in [5.41, 5.74) is 4.81. The van der Waals surface area contributed by atoms with Crippen LogP contribution >= 0.6 is 0 Å². The van der Waals surface area contributed by atoms with Crippen LogP contribution in [0.25, 0.3) is 0 Å². The van der Waals surface area contributed by atoms with Gasteiger partial charge in [-0.3, -0.25) is 4.68 Å². The van der Waals surface area contributed by atoms with Gasteiger partial charge in [0.25, 0.3) is 0 Å². The van der Waals surface area contributed by atoms with Crippen molar-refractivity contribution >= 4 is 11.6 Å². The third-order valence-corrected chi connectivity index (χ3v) is 2.69. The maximum Gasteiger partial charge on any atom is 0.142 e. The van der Waals surface area contributed by atoms with Gasteiger partial charge in [0.05, 0.1) is 6.20 Å². The number of nitrogen functional groups attached to an aromatic ring is 1. The second-order valence-electron chi connectivity index (χ2n) is 3.78. The van der Waals surface area contributed by atoms with Gasteiger partial charge in [0.2, 0.25) is 0 Å². The first kappa shape index (κ1) is 11.4. The van der Waals surface area contributed by atoms with E-state index in [1.807, 2.05) is 37.0 Å². The minimum Gasteiger partial charge on any atom is -0.366 e. The predicted molar refractivity (Wildman–Crippen MR) is 67.3 cm³/mol. The molecule has 0 saturated carbocycles. The third-order valence-electron chi connectivity index (χ3n) is 2.69. The highest BCUT2D eigenvalue weighted by atomic mass is 15.3. The molecule has 17 heavy (non-hydrogen) atoms. The van der Waals surface area contributed by atoms with Crippen LogP contribution in [-0.2, 0) is 13.6 Å². The lowest BCUT2D eigenvalue weighted by Gasteiger charge is -2.06. The summed E-state index contributed by atoms with van der Waals surface area (Å²) in [7, 11) is 1.93. The molecule has 0 saturated heterocycles. The van der Waals surface area contributed by atoms with Gasteiger partial charge < -0.3 is 10.7 Å². The molecule has 2 aromatic heterocycles. The Morgan fingerprint density at radius 3 is 2.76 bits per heavy atom. The standard InChI is InChI=1S/C11H16N6/c1-8-9(7-14-17(8)2)6-13-10-4-3-5-11(15-10)16-12/h3-5,7H,6,12H2,1-2H3,(H2,13,15,16). The van der Waals surface area contributed by atoms with E-state index in [-0.39, 0.29) is 0 Å². The zero-order valence-corrected chi connectivity index (χ0v) is 9.94. The first-order valence-electron chi connectivity index (χ1n) is 5.35. The van der Waals surface area contributed by atoms with Crippen molar-refractivity contribution in [1.82, 2.24) is 14.8 Å². The third kappa shape index (κ3) is 2.54. The van der Waals surface area contributed by atoms with E-state index in [2.05, 4.69) is 20.8 Å². The fraction of sp³-hybridized carbons (Fsp3) is 0.273. The number of hydrogen-bond donors (Lipinski definition) is 3. The summed E-state index contributed by atoms with van der Waals surface area (Å²) in [4.78, 5) is 4.27. The number of hydrazine groups is 1. The average Bonchev–Trinajstić information content (AvgIpc) is 2.68. The van der Waals surface area contributed by atoms with Gasteiger partial charge in [-0.15, -0.1) is 0 Å². The topological polar surface area (TPSA) is 80.8 Å². The van der Waals surface area contributed by atoms with Crippen molar-refractivity contribution in [3.05, 3.63) is 35.7 Å². The second kappa shape index (κ2) is 4.84. The Bertz CT molecular complexity index is 504. The summed E-state index contributed by atoms with van der Waals surface area (Å²) in [5.74, 6) is 6.72. The number of rotatable bonds is 4. The molecule has 4 N–H and O–H groups in total. The van der Waals surface area contributed by atoms with E-state index < -0.39 is 0 Å². The summed E-state index contributed by atoms with van der Waals surface area (Å²) in [6.07, 6.45) is 1.85. The molecule has 0 aliphatic rings. The molecular weight excluding hydrogens is 216 g/mol. The van der Waals surface area contributed by atoms with Crippen molar-refractivity contribution in [1.29, 1.82) is 0 Å². The van der Waals surface area contributed by atoms with Gasteiger partial charge in [-0.1, -0.05) is 6.07 Å². The molecule has 0 radical (unpaired) electrons. The molecule has 0 bridgehead atoms. The van der Waals surface area contributed by atoms with Crippen molar-refractivity contribution in [2.24, 2.45) is 12.9 Å². The maximum absolute atomic E-state index is 5.30. The number of nitrogens with one attached hydrogen (secondary N) is 2. The molecule has 0 aliphatic heterocycles. The average molecular weight is 232 g/mol. The maximum atomic E-state index is 5.30. The Morgan fingerprint density at radius 1 is 1.35 bits per heavy atom. The quantitative estimate of drug-likeness (QED) is 0.541. The Hall–Kier alpha value is -2.08. The Labute approximate surface area is 99.8 Å². The Morgan fingerprint density at radius 2 is 2.12 bits per heavy atom. The van der Waals surface area contributed by atoms with Crippen molar-refractivity contribution < 1.29 is 0 Å². The van der Waals surface area contributed by atoms with Crippen molar-refractivity contribution in [3.63, 3.8) is 0 Å². The SMILES string of the molecule is Cc1c(CNc2cccc(NN)n2)cnn1C. The number of nitrogens with zero attached hydrogens (tertiary/aromatic N) is 3. The molecule has 0 atom stereocenters. The van der Waals surface area contributed by atoms with Gasteiger partial charge in [0.1, 0.15) is 11.6 Å². The summed E-state index contributed by atoms with van der Waals surface area (Å²) < 4.78 is 1.85. The van der Waals surface area contributed by atoms with E-state index in [0.29, 0.717) is 12.4 Å². The van der Waals surface area contributed by atoms with Gasteiger partial charge in [-0.05, 0) is 19.1 Å². The van der Waals surface area contributed by atoms with Crippen LogP contribution in [0, 0.1) is 6.92 Å². The normalized spacial score (nSPS) is 10.3. The Kier molecular flexibility index (Phi) is 3.24. The van der Waals surface area contributed by atoms with E-state index in [9.17, 15) is 0 Å². The lowest BCUT2D eigenvalue weighted by molar-refractivity contribution is 0.738. The first-order chi connectivity index (χ1) is 8.20. The first-order valence-corrected chi connectivity index (χ1v) is 5.35. The molecular formula is C11H16N6. The molecule has 90 valence electrons. The number of nitrogens with two attached hydrogens (primary N) is 1. The second-order valence-corrected chi connectivity index (χ2v) is 3.78. The molecule has 2 rings (SSSR count). The highest BCUT2D eigenvalue weighted by molar-refractivity contribution is 5.44. The van der Waals surface area contributed by atoms with Crippen LogP contribution < -0.4 is 16.6 Å². The molecule has 6 nitrogen and oxygen atoms in total. The summed E-state index contributed by atoms with van der Waals surface area (Å²) >= 11 is 0. The molecule has 0 amide bonds. The van der Waals surface area contributed by atoms with Crippen LogP contribution in [0.5, 0.6) is 0 Å². The number of anilines is 2. The van der Waals surface area contributed by atoms with Crippen LogP contribution in [0.15, 0.2) is 24.4 Å². The van der Waals surface area contributed by atoms with E-state index in [4.69, 9.17) is 5.84 Å². The van der Waals surface area contributed by atoms with Crippen molar-refractivity contribution in [2.75, 3.05) is 10.7 Å². The lowest BCUT2D eigenvalue weighted by atomic mass is 10.2. The number of hydrogen-bond acceptors (Lipinski definition) is 5. The van der Waals surface area contributed by atoms with Crippen LogP contribution in [-0.4, -0.2) is 14.8 Å². The summed E-state index contributed by atoms with van der Waals surface area (Å²) in [6, 6.07) is 5.59. The van der Waals surface area contributed by atoms with Crippen LogP contribution in [0.4, 0.5) is 11.6 Å². The molecule has 0 unspecified atom stereocenters. The monoisotopic (exact) mass is 232 g/mol. The van der Waals surface area contributed by atoms with Crippen molar-refractivity contribution in [2.45, 2.75) is 13.5 Å². The van der Waals surface area contributed by atoms with E-state index in [1.165, 1.54) is 0 Å². The molecule has 0 spiro atoms. The molecule has 0 fully saturated rings. The predicted octanol–water partition coefficient (Wildman–Crippen LogP) is 1.02. The molecule has 0 aliphatic carbocycles. The number of pyridine rings is 1. The van der Waals surface area contributed by atoms with Gasteiger partial charge in [0.15, 0.2) is 0 Å². The summed E-state index contributed by atoms with van der Waals surface area (Å²) in [6.45, 7) is 2.73. The molecule has 6 heteroatoms. The zero-order valence-electron chi connectivity index (χ0n) is 9.94. The smallest absolute Gasteiger partial charge is 0.142 e. The fourth-order valence-electron chi connectivity index (χ4n) is 1.52. The summed E-state index contributed by atoms with van der Waals surface area (Å²) in [5, 5.41) is 7.42. The largest absolute Gasteiger partial charge is 0.366 e. The van der Waals surface area contributed by atoms with Gasteiger partial charge in [0, 0.05) is 24.8 Å². The zero-order chi connectivity index (χ0) is 12.3. The van der Waals surface area contributed by atoms with Gasteiger partial charge in [-0.2, -0.15) is 5.10 Å². The highest BCUT2D eigenvalue weighted by Gasteiger charge is 2.03. The number of aryl methyl sites for hydroxylation is 1. The molecule has 2 heterocycles. The highest BCUT2D eigenvalue weighted by Crippen LogP contribution is 2.11. The number of aromatic nitrogens is 3. The fourth-order valence-corrected chi connectivity index (χ4v) is 1.52. The van der Waals surface area contributed by atoms with Crippen LogP contribution in [0.3, 0.4) is 0 Å². The van der Waals surface area contributed by atoms with Gasteiger partial charge >= 0.3 is 0 Å². The lowest BCUT2D eigenvalue weighted by Crippen LogP contribution is -2.10. The minimum absolute atomic E-state index is 0.637. The van der Waals surface area contributed by atoms with E-state index in [0.717, 1.165) is 17.1 Å². The van der Waals surface area contributed by atoms with Crippen LogP contribution in [0.1, 0.15) is 11.3 Å². The Balaban J connectivity index is 2.04. The van der Waals surface area contributed by atoms with Crippen LogP contribution in [0.2, 0.25) is 0 Å². The van der Waals surface area contributed by atoms with Gasteiger partial charge in [-0.25, -0.2) is 10.8 Å². The molecule has 2 aromatic rings. The van der Waals surface area contributed by atoms with E-state index in [1.54, 1.807) is 6.07 Å². The minimum atomic E-state index is 0.637.